The van der Waals surface area contributed by atoms with Gasteiger partial charge in [-0.15, -0.1) is 0 Å². The third-order valence-electron chi connectivity index (χ3n) is 3.55. The third-order valence-corrected chi connectivity index (χ3v) is 3.55. The van der Waals surface area contributed by atoms with Gasteiger partial charge < -0.3 is 20.5 Å². The monoisotopic (exact) mass is 278 g/mol. The molecule has 2 rings (SSSR count). The number of piperidine rings is 1. The van der Waals surface area contributed by atoms with E-state index in [9.17, 15) is 4.79 Å². The molecule has 0 radical (unpaired) electrons. The van der Waals surface area contributed by atoms with Crippen LogP contribution in [0.3, 0.4) is 0 Å². The molecule has 1 fully saturated rings. The molecule has 1 aliphatic heterocycles. The molecule has 0 unspecified atom stereocenters. The fourth-order valence-electron chi connectivity index (χ4n) is 2.48. The van der Waals surface area contributed by atoms with Gasteiger partial charge in [0.15, 0.2) is 0 Å². The highest BCUT2D eigenvalue weighted by atomic mass is 16.5. The number of carbonyl (C=O) groups excluding carboxylic acids is 1. The van der Waals surface area contributed by atoms with Gasteiger partial charge in [-0.05, 0) is 30.5 Å². The summed E-state index contributed by atoms with van der Waals surface area (Å²) in [7, 11) is 0. The van der Waals surface area contributed by atoms with Crippen LogP contribution in [-0.4, -0.2) is 48.3 Å². The summed E-state index contributed by atoms with van der Waals surface area (Å²) in [6.07, 6.45) is 2.23. The number of aliphatic hydroxyl groups is 1. The van der Waals surface area contributed by atoms with E-state index in [1.54, 1.807) is 0 Å². The standard InChI is InChI=1S/C15H22N2O3/c16-13-3-1-2-12(10-13)11-15(19)17-6-4-14(5-7-17)20-9-8-18/h1-3,10,14,18H,4-9,11,16H2. The number of aliphatic hydroxyl groups excluding tert-OH is 1. The Morgan fingerprint density at radius 3 is 2.80 bits per heavy atom. The fourth-order valence-corrected chi connectivity index (χ4v) is 2.48. The van der Waals surface area contributed by atoms with Gasteiger partial charge in [0.25, 0.3) is 0 Å². The summed E-state index contributed by atoms with van der Waals surface area (Å²) in [5.41, 5.74) is 7.35. The van der Waals surface area contributed by atoms with Gasteiger partial charge >= 0.3 is 0 Å². The summed E-state index contributed by atoms with van der Waals surface area (Å²) in [6, 6.07) is 7.45. The number of nitrogens with two attached hydrogens (primary N) is 1. The van der Waals surface area contributed by atoms with Crippen molar-refractivity contribution >= 4 is 11.6 Å². The van der Waals surface area contributed by atoms with Crippen LogP contribution in [-0.2, 0) is 16.0 Å². The number of anilines is 1. The van der Waals surface area contributed by atoms with E-state index in [2.05, 4.69) is 0 Å². The summed E-state index contributed by atoms with van der Waals surface area (Å²) in [6.45, 7) is 1.87. The molecule has 1 aromatic rings. The Hall–Kier alpha value is -1.59. The zero-order valence-electron chi connectivity index (χ0n) is 11.6. The SMILES string of the molecule is Nc1cccc(CC(=O)N2CCC(OCCO)CC2)c1. The van der Waals surface area contributed by atoms with Crippen molar-refractivity contribution in [3.05, 3.63) is 29.8 Å². The summed E-state index contributed by atoms with van der Waals surface area (Å²) in [5.74, 6) is 0.135. The van der Waals surface area contributed by atoms with Crippen molar-refractivity contribution in [3.63, 3.8) is 0 Å². The maximum Gasteiger partial charge on any atom is 0.226 e. The molecule has 5 nitrogen and oxygen atoms in total. The number of rotatable bonds is 5. The molecule has 0 aliphatic carbocycles. The Balaban J connectivity index is 1.80. The third kappa shape index (κ3) is 4.21. The molecule has 1 heterocycles. The minimum atomic E-state index is 0.0502. The van der Waals surface area contributed by atoms with Crippen LogP contribution in [0.1, 0.15) is 18.4 Å². The predicted octanol–water partition coefficient (Wildman–Crippen LogP) is 0.811. The van der Waals surface area contributed by atoms with Gasteiger partial charge in [-0.25, -0.2) is 0 Å². The molecule has 0 spiro atoms. The van der Waals surface area contributed by atoms with Crippen LogP contribution < -0.4 is 5.73 Å². The van der Waals surface area contributed by atoms with Crippen LogP contribution in [0, 0.1) is 0 Å². The predicted molar refractivity (Wildman–Crippen MR) is 77.2 cm³/mol. The van der Waals surface area contributed by atoms with E-state index in [1.165, 1.54) is 0 Å². The van der Waals surface area contributed by atoms with E-state index in [0.717, 1.165) is 31.5 Å². The van der Waals surface area contributed by atoms with Crippen LogP contribution in [0.2, 0.25) is 0 Å². The van der Waals surface area contributed by atoms with E-state index in [1.807, 2.05) is 29.2 Å². The number of nitrogen functional groups attached to an aromatic ring is 1. The molecule has 0 atom stereocenters. The highest BCUT2D eigenvalue weighted by molar-refractivity contribution is 5.79. The number of benzene rings is 1. The van der Waals surface area contributed by atoms with E-state index in [4.69, 9.17) is 15.6 Å². The molecule has 3 N–H and O–H groups in total. The van der Waals surface area contributed by atoms with Crippen LogP contribution >= 0.6 is 0 Å². The van der Waals surface area contributed by atoms with Gasteiger partial charge in [0.2, 0.25) is 5.91 Å². The lowest BCUT2D eigenvalue weighted by molar-refractivity contribution is -0.133. The van der Waals surface area contributed by atoms with Crippen LogP contribution in [0.5, 0.6) is 0 Å². The van der Waals surface area contributed by atoms with Gasteiger partial charge in [-0.3, -0.25) is 4.79 Å². The summed E-state index contributed by atoms with van der Waals surface area (Å²) >= 11 is 0. The highest BCUT2D eigenvalue weighted by Gasteiger charge is 2.23. The van der Waals surface area contributed by atoms with Gasteiger partial charge in [-0.2, -0.15) is 0 Å². The number of likely N-dealkylation sites (tertiary alicyclic amines) is 1. The zero-order valence-corrected chi connectivity index (χ0v) is 11.6. The molecular weight excluding hydrogens is 256 g/mol. The Kier molecular flexibility index (Phi) is 5.38. The minimum absolute atomic E-state index is 0.0502. The molecular formula is C15H22N2O3. The van der Waals surface area contributed by atoms with Crippen LogP contribution in [0.25, 0.3) is 0 Å². The minimum Gasteiger partial charge on any atom is -0.399 e. The summed E-state index contributed by atoms with van der Waals surface area (Å²) in [4.78, 5) is 14.1. The smallest absolute Gasteiger partial charge is 0.226 e. The lowest BCUT2D eigenvalue weighted by Gasteiger charge is -2.32. The lowest BCUT2D eigenvalue weighted by Crippen LogP contribution is -2.41. The van der Waals surface area contributed by atoms with Crippen molar-refractivity contribution in [2.24, 2.45) is 0 Å². The van der Waals surface area contributed by atoms with Crippen molar-refractivity contribution in [3.8, 4) is 0 Å². The topological polar surface area (TPSA) is 75.8 Å². The highest BCUT2D eigenvalue weighted by Crippen LogP contribution is 2.15. The first-order valence-corrected chi connectivity index (χ1v) is 7.03. The molecule has 1 aliphatic rings. The zero-order chi connectivity index (χ0) is 14.4. The lowest BCUT2D eigenvalue weighted by atomic mass is 10.1. The van der Waals surface area contributed by atoms with E-state index >= 15 is 0 Å². The molecule has 1 aromatic carbocycles. The number of amides is 1. The molecule has 1 saturated heterocycles. The number of nitrogens with zero attached hydrogens (tertiary/aromatic N) is 1. The molecule has 20 heavy (non-hydrogen) atoms. The number of carbonyl (C=O) groups is 1. The quantitative estimate of drug-likeness (QED) is 0.782. The molecule has 1 amide bonds. The van der Waals surface area contributed by atoms with Gasteiger partial charge in [-0.1, -0.05) is 12.1 Å². The van der Waals surface area contributed by atoms with Crippen LogP contribution in [0.15, 0.2) is 24.3 Å². The summed E-state index contributed by atoms with van der Waals surface area (Å²) in [5, 5.41) is 8.72. The Morgan fingerprint density at radius 1 is 1.40 bits per heavy atom. The fraction of sp³-hybridized carbons (Fsp3) is 0.533. The van der Waals surface area contributed by atoms with E-state index in [0.29, 0.717) is 18.7 Å². The van der Waals surface area contributed by atoms with Crippen molar-refractivity contribution in [2.45, 2.75) is 25.4 Å². The molecule has 0 aromatic heterocycles. The second-order valence-electron chi connectivity index (χ2n) is 5.10. The van der Waals surface area contributed by atoms with Crippen molar-refractivity contribution < 1.29 is 14.6 Å². The largest absolute Gasteiger partial charge is 0.399 e. The van der Waals surface area contributed by atoms with Crippen molar-refractivity contribution in [1.82, 2.24) is 4.90 Å². The first-order chi connectivity index (χ1) is 9.69. The maximum atomic E-state index is 12.2. The molecule has 0 saturated carbocycles. The second kappa shape index (κ2) is 7.26. The molecule has 110 valence electrons. The molecule has 5 heteroatoms. The Bertz CT molecular complexity index is 442. The van der Waals surface area contributed by atoms with Crippen molar-refractivity contribution in [2.75, 3.05) is 32.0 Å². The van der Waals surface area contributed by atoms with Gasteiger partial charge in [0.05, 0.1) is 25.7 Å². The second-order valence-corrected chi connectivity index (χ2v) is 5.10. The van der Waals surface area contributed by atoms with Gasteiger partial charge in [0, 0.05) is 18.8 Å². The van der Waals surface area contributed by atoms with E-state index in [-0.39, 0.29) is 18.6 Å². The average molecular weight is 278 g/mol. The van der Waals surface area contributed by atoms with Gasteiger partial charge in [0.1, 0.15) is 0 Å². The number of hydrogen-bond donors (Lipinski definition) is 2. The Labute approximate surface area is 119 Å². The number of ether oxygens (including phenoxy) is 1. The van der Waals surface area contributed by atoms with Crippen LogP contribution in [0.4, 0.5) is 5.69 Å². The maximum absolute atomic E-state index is 12.2. The molecule has 0 bridgehead atoms. The number of hydrogen-bond acceptors (Lipinski definition) is 4. The normalized spacial score (nSPS) is 16.4. The van der Waals surface area contributed by atoms with Crippen molar-refractivity contribution in [1.29, 1.82) is 0 Å². The Morgan fingerprint density at radius 2 is 2.15 bits per heavy atom. The first kappa shape index (κ1) is 14.8. The average Bonchev–Trinajstić information content (AvgIpc) is 2.45. The van der Waals surface area contributed by atoms with E-state index < -0.39 is 0 Å². The summed E-state index contributed by atoms with van der Waals surface area (Å²) < 4.78 is 5.49. The first-order valence-electron chi connectivity index (χ1n) is 7.03.